The lowest BCUT2D eigenvalue weighted by molar-refractivity contribution is 1.32. The molecule has 45 heavy (non-hydrogen) atoms. The van der Waals surface area contributed by atoms with E-state index in [1.165, 1.54) is 5.56 Å². The van der Waals surface area contributed by atoms with Crippen LogP contribution in [0.4, 0.5) is 5.69 Å². The number of nitrogens with one attached hydrogen (secondary N) is 2. The molecule has 5 aromatic carbocycles. The highest BCUT2D eigenvalue weighted by atomic mass is 15.3. The van der Waals surface area contributed by atoms with Gasteiger partial charge in [0.2, 0.25) is 0 Å². The molecule has 2 heterocycles. The van der Waals surface area contributed by atoms with Crippen molar-refractivity contribution in [3.63, 3.8) is 0 Å². The summed E-state index contributed by atoms with van der Waals surface area (Å²) in [4.78, 5) is 8.65. The van der Waals surface area contributed by atoms with Gasteiger partial charge < -0.3 is 0 Å². The zero-order chi connectivity index (χ0) is 30.2. The Kier molecular flexibility index (Phi) is 6.54. The summed E-state index contributed by atoms with van der Waals surface area (Å²) in [5.74, 6) is 0. The van der Waals surface area contributed by atoms with Gasteiger partial charge in [-0.2, -0.15) is 5.10 Å². The van der Waals surface area contributed by atoms with Crippen molar-refractivity contribution < 1.29 is 0 Å². The highest BCUT2D eigenvalue weighted by molar-refractivity contribution is 6.54. The molecule has 1 aliphatic carbocycles. The molecule has 0 bridgehead atoms. The summed E-state index contributed by atoms with van der Waals surface area (Å²) in [6.07, 6.45) is 9.33. The van der Waals surface area contributed by atoms with Crippen LogP contribution >= 0.6 is 0 Å². The molecule has 0 saturated heterocycles. The molecule has 1 aliphatic rings. The third-order valence-corrected chi connectivity index (χ3v) is 8.34. The molecule has 5 nitrogen and oxygen atoms in total. The number of benzene rings is 5. The number of aromatic nitrogens is 2. The molecule has 8 rings (SSSR count). The molecule has 7 aromatic rings. The van der Waals surface area contributed by atoms with E-state index in [1.54, 1.807) is 6.20 Å². The molecule has 0 aliphatic heterocycles. The molecule has 0 unspecified atom stereocenters. The van der Waals surface area contributed by atoms with Gasteiger partial charge in [-0.25, -0.2) is 0 Å². The first-order valence-electron chi connectivity index (χ1n) is 14.8. The van der Waals surface area contributed by atoms with Crippen LogP contribution in [0.2, 0.25) is 0 Å². The van der Waals surface area contributed by atoms with Crippen molar-refractivity contribution in [3.8, 4) is 22.3 Å². The SMILES string of the molecule is N=C1C=C(c2c3ccccc3c(-c3cccnc3)c3ccccc23)c2ccccc2/C1=N/Nc1ccc(-c2cccnc2)cc1. The van der Waals surface area contributed by atoms with Crippen LogP contribution in [0.15, 0.2) is 157 Å². The van der Waals surface area contributed by atoms with Gasteiger partial charge >= 0.3 is 0 Å². The number of allylic oxidation sites excluding steroid dienone is 1. The first-order valence-corrected chi connectivity index (χ1v) is 14.8. The fraction of sp³-hybridized carbons (Fsp3) is 0. The van der Waals surface area contributed by atoms with Gasteiger partial charge in [-0.3, -0.25) is 20.8 Å². The monoisotopic (exact) mass is 577 g/mol. The van der Waals surface area contributed by atoms with Crippen LogP contribution < -0.4 is 5.43 Å². The van der Waals surface area contributed by atoms with Gasteiger partial charge in [0.05, 0.1) is 11.4 Å². The van der Waals surface area contributed by atoms with E-state index in [0.717, 1.165) is 66.2 Å². The fourth-order valence-electron chi connectivity index (χ4n) is 6.32. The van der Waals surface area contributed by atoms with Crippen LogP contribution in [0.1, 0.15) is 16.7 Å². The third kappa shape index (κ3) is 4.67. The molecule has 0 fully saturated rings. The zero-order valence-corrected chi connectivity index (χ0v) is 24.3. The van der Waals surface area contributed by atoms with Gasteiger partial charge in [0.15, 0.2) is 0 Å². The number of hydrazone groups is 1. The van der Waals surface area contributed by atoms with Crippen molar-refractivity contribution in [3.05, 3.63) is 169 Å². The molecule has 2 aromatic heterocycles. The Morgan fingerprint density at radius 1 is 0.511 bits per heavy atom. The molecule has 5 heteroatoms. The van der Waals surface area contributed by atoms with Gasteiger partial charge in [0.1, 0.15) is 5.71 Å². The van der Waals surface area contributed by atoms with E-state index in [-0.39, 0.29) is 0 Å². The van der Waals surface area contributed by atoms with Crippen LogP contribution in [0.25, 0.3) is 49.4 Å². The molecule has 0 amide bonds. The summed E-state index contributed by atoms with van der Waals surface area (Å²) < 4.78 is 0. The second kappa shape index (κ2) is 11.1. The Balaban J connectivity index is 1.25. The number of fused-ring (bicyclic) bond motifs is 3. The van der Waals surface area contributed by atoms with Crippen LogP contribution in [0.3, 0.4) is 0 Å². The third-order valence-electron chi connectivity index (χ3n) is 8.34. The molecule has 0 spiro atoms. The lowest BCUT2D eigenvalue weighted by Crippen LogP contribution is -2.21. The van der Waals surface area contributed by atoms with Crippen molar-refractivity contribution in [1.29, 1.82) is 5.41 Å². The summed E-state index contributed by atoms with van der Waals surface area (Å²) in [5, 5.41) is 18.5. The number of anilines is 1. The molecular weight excluding hydrogens is 550 g/mol. The highest BCUT2D eigenvalue weighted by Gasteiger charge is 2.26. The molecule has 0 saturated carbocycles. The lowest BCUT2D eigenvalue weighted by atomic mass is 9.80. The van der Waals surface area contributed by atoms with E-state index in [2.05, 4.69) is 88.2 Å². The first-order chi connectivity index (χ1) is 22.3. The Morgan fingerprint density at radius 2 is 1.07 bits per heavy atom. The number of rotatable bonds is 5. The maximum Gasteiger partial charge on any atom is 0.116 e. The second-order valence-corrected chi connectivity index (χ2v) is 11.0. The minimum atomic E-state index is 0.354. The van der Waals surface area contributed by atoms with Crippen LogP contribution in [-0.4, -0.2) is 21.4 Å². The van der Waals surface area contributed by atoms with Gasteiger partial charge in [0.25, 0.3) is 0 Å². The number of pyridine rings is 2. The summed E-state index contributed by atoms with van der Waals surface area (Å²) in [6, 6.07) is 41.5. The Morgan fingerprint density at radius 3 is 1.67 bits per heavy atom. The quantitative estimate of drug-likeness (QED) is 0.158. The van der Waals surface area contributed by atoms with E-state index < -0.39 is 0 Å². The normalized spacial score (nSPS) is 13.6. The van der Waals surface area contributed by atoms with E-state index in [1.807, 2.05) is 73.2 Å². The van der Waals surface area contributed by atoms with Gasteiger partial charge in [-0.05, 0) is 85.3 Å². The minimum Gasteiger partial charge on any atom is -0.299 e. The van der Waals surface area contributed by atoms with E-state index >= 15 is 0 Å². The van der Waals surface area contributed by atoms with E-state index in [0.29, 0.717) is 11.4 Å². The molecular formula is C40H27N5. The van der Waals surface area contributed by atoms with Crippen molar-refractivity contribution >= 4 is 44.2 Å². The summed E-state index contributed by atoms with van der Waals surface area (Å²) in [5.41, 5.74) is 13.5. The zero-order valence-electron chi connectivity index (χ0n) is 24.3. The Bertz CT molecular complexity index is 2230. The summed E-state index contributed by atoms with van der Waals surface area (Å²) in [7, 11) is 0. The van der Waals surface area contributed by atoms with Crippen LogP contribution in [0.5, 0.6) is 0 Å². The largest absolute Gasteiger partial charge is 0.299 e. The van der Waals surface area contributed by atoms with Gasteiger partial charge in [-0.15, -0.1) is 0 Å². The molecule has 0 atom stereocenters. The topological polar surface area (TPSA) is 74.0 Å². The number of hydrogen-bond acceptors (Lipinski definition) is 5. The maximum atomic E-state index is 9.20. The number of nitrogens with zero attached hydrogens (tertiary/aromatic N) is 3. The van der Waals surface area contributed by atoms with Gasteiger partial charge in [-0.1, -0.05) is 97.1 Å². The molecule has 2 N–H and O–H groups in total. The van der Waals surface area contributed by atoms with Crippen molar-refractivity contribution in [2.75, 3.05) is 5.43 Å². The second-order valence-electron chi connectivity index (χ2n) is 11.0. The van der Waals surface area contributed by atoms with E-state index in [4.69, 9.17) is 5.10 Å². The predicted octanol–water partition coefficient (Wildman–Crippen LogP) is 9.40. The summed E-state index contributed by atoms with van der Waals surface area (Å²) >= 11 is 0. The maximum absolute atomic E-state index is 9.20. The fourth-order valence-corrected chi connectivity index (χ4v) is 6.32. The average molecular weight is 578 g/mol. The predicted molar refractivity (Wildman–Crippen MR) is 186 cm³/mol. The average Bonchev–Trinajstić information content (AvgIpc) is 3.11. The van der Waals surface area contributed by atoms with Gasteiger partial charge in [0, 0.05) is 35.9 Å². The Labute approximate surface area is 260 Å². The van der Waals surface area contributed by atoms with Crippen LogP contribution in [-0.2, 0) is 0 Å². The smallest absolute Gasteiger partial charge is 0.116 e. The number of hydrogen-bond donors (Lipinski definition) is 2. The molecule has 0 radical (unpaired) electrons. The summed E-state index contributed by atoms with van der Waals surface area (Å²) in [6.45, 7) is 0. The Hall–Kier alpha value is -6.20. The standard InChI is InChI=1S/C40H27N5/c41-37-23-36(39-33-14-4-2-12-31(33)38(28-10-8-22-43-25-28)32-13-3-5-15-34(32)39)30-11-1-6-16-35(30)40(37)45-44-29-19-17-26(18-20-29)27-9-7-21-42-24-27/h1-25,41,44H/b41-37?,45-40-. The van der Waals surface area contributed by atoms with Crippen molar-refractivity contribution in [2.45, 2.75) is 0 Å². The highest BCUT2D eigenvalue weighted by Crippen LogP contribution is 2.44. The lowest BCUT2D eigenvalue weighted by Gasteiger charge is -2.24. The van der Waals surface area contributed by atoms with Crippen molar-refractivity contribution in [2.24, 2.45) is 5.10 Å². The van der Waals surface area contributed by atoms with Crippen LogP contribution in [0, 0.1) is 5.41 Å². The first kappa shape index (κ1) is 26.4. The minimum absolute atomic E-state index is 0.354. The van der Waals surface area contributed by atoms with Crippen molar-refractivity contribution in [1.82, 2.24) is 9.97 Å². The van der Waals surface area contributed by atoms with E-state index in [9.17, 15) is 5.41 Å². The molecule has 212 valence electrons.